The van der Waals surface area contributed by atoms with Crippen molar-refractivity contribution in [1.29, 1.82) is 0 Å². The Morgan fingerprint density at radius 2 is 1.06 bits per heavy atom. The van der Waals surface area contributed by atoms with Crippen molar-refractivity contribution in [3.05, 3.63) is 75.4 Å². The van der Waals surface area contributed by atoms with Crippen LogP contribution in [0.3, 0.4) is 0 Å². The van der Waals surface area contributed by atoms with Crippen LogP contribution in [0, 0.1) is 0 Å². The van der Waals surface area contributed by atoms with E-state index in [1.807, 2.05) is 6.07 Å². The van der Waals surface area contributed by atoms with E-state index in [4.69, 9.17) is 0 Å². The number of allylic oxidation sites excluding steroid dienone is 1. The third kappa shape index (κ3) is 5.97. The third-order valence-corrected chi connectivity index (χ3v) is 6.21. The van der Waals surface area contributed by atoms with Gasteiger partial charge in [-0.15, -0.1) is 0 Å². The zero-order valence-corrected chi connectivity index (χ0v) is 21.3. The zero-order chi connectivity index (χ0) is 23.5. The Kier molecular flexibility index (Phi) is 8.46. The van der Waals surface area contributed by atoms with Gasteiger partial charge in [-0.1, -0.05) is 106 Å². The molecule has 0 saturated heterocycles. The van der Waals surface area contributed by atoms with Crippen molar-refractivity contribution >= 4 is 11.9 Å². The highest BCUT2D eigenvalue weighted by atomic mass is 16.1. The smallest absolute Gasteiger partial charge is 0.186 e. The highest BCUT2D eigenvalue weighted by molar-refractivity contribution is 6.08. The lowest BCUT2D eigenvalue weighted by molar-refractivity contribution is 0.104. The van der Waals surface area contributed by atoms with Gasteiger partial charge >= 0.3 is 0 Å². The van der Waals surface area contributed by atoms with Crippen LogP contribution in [0.4, 0.5) is 0 Å². The summed E-state index contributed by atoms with van der Waals surface area (Å²) >= 11 is 0. The average Bonchev–Trinajstić information content (AvgIpc) is 2.70. The Bertz CT molecular complexity index is 910. The molecule has 168 valence electrons. The fraction of sp³-hybridized carbons (Fsp3) is 0.500. The predicted molar refractivity (Wildman–Crippen MR) is 137 cm³/mol. The number of ketones is 1. The van der Waals surface area contributed by atoms with Crippen molar-refractivity contribution in [2.24, 2.45) is 0 Å². The minimum absolute atomic E-state index is 0.0938. The second kappa shape index (κ2) is 10.4. The summed E-state index contributed by atoms with van der Waals surface area (Å²) in [6.45, 7) is 22.2. The molecular weight excluding hydrogens is 376 g/mol. The Morgan fingerprint density at radius 3 is 1.48 bits per heavy atom. The van der Waals surface area contributed by atoms with E-state index < -0.39 is 0 Å². The van der Waals surface area contributed by atoms with E-state index in [1.165, 1.54) is 27.8 Å². The molecule has 0 radical (unpaired) electrons. The number of rotatable bonds is 8. The minimum Gasteiger partial charge on any atom is -0.289 e. The van der Waals surface area contributed by atoms with Crippen molar-refractivity contribution in [3.8, 4) is 0 Å². The molecule has 2 aromatic carbocycles. The molecule has 2 aromatic rings. The first-order chi connectivity index (χ1) is 14.4. The van der Waals surface area contributed by atoms with Gasteiger partial charge in [-0.05, 0) is 69.0 Å². The molecule has 0 fully saturated rings. The van der Waals surface area contributed by atoms with Crippen molar-refractivity contribution in [2.45, 2.75) is 98.8 Å². The summed E-state index contributed by atoms with van der Waals surface area (Å²) in [6, 6.07) is 11.0. The molecule has 0 aliphatic rings. The fourth-order valence-corrected chi connectivity index (χ4v) is 4.10. The number of benzene rings is 2. The molecule has 0 aliphatic heterocycles. The van der Waals surface area contributed by atoms with Crippen LogP contribution in [0.25, 0.3) is 6.08 Å². The van der Waals surface area contributed by atoms with Gasteiger partial charge in [-0.3, -0.25) is 4.79 Å². The van der Waals surface area contributed by atoms with E-state index in [9.17, 15) is 4.79 Å². The SMILES string of the molecule is CC(C)c1ccc(C(=O)C=Cc2c(C(C)C)cc(C(C)C)cc2C(C)C)c(C(C)C)c1. The number of carbonyl (C=O) groups excluding carboxylic acids is 1. The number of carbonyl (C=O) groups is 1. The molecule has 2 rings (SSSR count). The van der Waals surface area contributed by atoms with Crippen LogP contribution in [0.2, 0.25) is 0 Å². The van der Waals surface area contributed by atoms with Gasteiger partial charge in [0.2, 0.25) is 0 Å². The molecule has 0 saturated carbocycles. The van der Waals surface area contributed by atoms with Crippen LogP contribution < -0.4 is 0 Å². The molecule has 0 unspecified atom stereocenters. The molecule has 1 nitrogen and oxygen atoms in total. The molecule has 31 heavy (non-hydrogen) atoms. The molecular formula is C30H42O. The van der Waals surface area contributed by atoms with Gasteiger partial charge in [-0.2, -0.15) is 0 Å². The van der Waals surface area contributed by atoms with Crippen LogP contribution in [0.5, 0.6) is 0 Å². The first kappa shape index (κ1) is 25.1. The number of hydrogen-bond acceptors (Lipinski definition) is 1. The highest BCUT2D eigenvalue weighted by Gasteiger charge is 2.17. The minimum atomic E-state index is 0.0938. The molecule has 0 bridgehead atoms. The maximum atomic E-state index is 13.3. The summed E-state index contributed by atoms with van der Waals surface area (Å²) in [5.74, 6) is 2.16. The molecule has 0 atom stereocenters. The van der Waals surface area contributed by atoms with Gasteiger partial charge in [0.15, 0.2) is 5.78 Å². The van der Waals surface area contributed by atoms with Crippen LogP contribution in [0.1, 0.15) is 143 Å². The third-order valence-electron chi connectivity index (χ3n) is 6.21. The summed E-state index contributed by atoms with van der Waals surface area (Å²) in [5.41, 5.74) is 8.51. The maximum Gasteiger partial charge on any atom is 0.186 e. The quantitative estimate of drug-likeness (QED) is 0.308. The van der Waals surface area contributed by atoms with Crippen molar-refractivity contribution in [3.63, 3.8) is 0 Å². The van der Waals surface area contributed by atoms with E-state index >= 15 is 0 Å². The van der Waals surface area contributed by atoms with E-state index in [2.05, 4.69) is 99.6 Å². The Hall–Kier alpha value is -2.15. The zero-order valence-electron chi connectivity index (χ0n) is 21.3. The highest BCUT2D eigenvalue weighted by Crippen LogP contribution is 2.33. The molecule has 0 spiro atoms. The Labute approximate surface area is 191 Å². The van der Waals surface area contributed by atoms with Crippen molar-refractivity contribution < 1.29 is 4.79 Å². The lowest BCUT2D eigenvalue weighted by Crippen LogP contribution is -2.06. The van der Waals surface area contributed by atoms with Crippen molar-refractivity contribution in [1.82, 2.24) is 0 Å². The fourth-order valence-electron chi connectivity index (χ4n) is 4.10. The first-order valence-corrected chi connectivity index (χ1v) is 12.0. The molecule has 0 heterocycles. The normalized spacial score (nSPS) is 12.4. The predicted octanol–water partition coefficient (Wildman–Crippen LogP) is 9.20. The van der Waals surface area contributed by atoms with Crippen LogP contribution >= 0.6 is 0 Å². The second-order valence-electron chi connectivity index (χ2n) is 10.4. The monoisotopic (exact) mass is 418 g/mol. The van der Waals surface area contributed by atoms with Gasteiger partial charge in [0, 0.05) is 5.56 Å². The van der Waals surface area contributed by atoms with Gasteiger partial charge in [0.05, 0.1) is 0 Å². The van der Waals surface area contributed by atoms with Gasteiger partial charge < -0.3 is 0 Å². The molecule has 0 aromatic heterocycles. The Balaban J connectivity index is 2.56. The van der Waals surface area contributed by atoms with E-state index in [-0.39, 0.29) is 5.78 Å². The molecule has 0 amide bonds. The van der Waals surface area contributed by atoms with E-state index in [0.29, 0.717) is 29.6 Å². The lowest BCUT2D eigenvalue weighted by atomic mass is 9.84. The first-order valence-electron chi connectivity index (χ1n) is 12.0. The summed E-state index contributed by atoms with van der Waals surface area (Å²) in [7, 11) is 0. The topological polar surface area (TPSA) is 17.1 Å². The van der Waals surface area contributed by atoms with E-state index in [0.717, 1.165) is 11.1 Å². The second-order valence-corrected chi connectivity index (χ2v) is 10.4. The lowest BCUT2D eigenvalue weighted by Gasteiger charge is -2.21. The van der Waals surface area contributed by atoms with Crippen LogP contribution in [0.15, 0.2) is 36.4 Å². The van der Waals surface area contributed by atoms with E-state index in [1.54, 1.807) is 6.08 Å². The maximum absolute atomic E-state index is 13.3. The summed E-state index contributed by atoms with van der Waals surface area (Å²) in [5, 5.41) is 0. The molecule has 0 aliphatic carbocycles. The van der Waals surface area contributed by atoms with Crippen LogP contribution in [-0.2, 0) is 0 Å². The number of hydrogen-bond donors (Lipinski definition) is 0. The Morgan fingerprint density at radius 1 is 0.613 bits per heavy atom. The largest absolute Gasteiger partial charge is 0.289 e. The van der Waals surface area contributed by atoms with Gasteiger partial charge in [0.1, 0.15) is 0 Å². The van der Waals surface area contributed by atoms with Crippen molar-refractivity contribution in [2.75, 3.05) is 0 Å². The summed E-state index contributed by atoms with van der Waals surface area (Å²) in [6.07, 6.45) is 3.86. The van der Waals surface area contributed by atoms with Gasteiger partial charge in [-0.25, -0.2) is 0 Å². The summed E-state index contributed by atoms with van der Waals surface area (Å²) < 4.78 is 0. The molecule has 0 N–H and O–H groups in total. The molecule has 1 heteroatoms. The van der Waals surface area contributed by atoms with Crippen LogP contribution in [-0.4, -0.2) is 5.78 Å². The van der Waals surface area contributed by atoms with Gasteiger partial charge in [0.25, 0.3) is 0 Å². The average molecular weight is 419 g/mol. The summed E-state index contributed by atoms with van der Waals surface area (Å²) in [4.78, 5) is 13.3. The standard InChI is InChI=1S/C30H42O/c1-18(2)23-11-12-26(29(15-23)22(9)10)30(31)14-13-25-27(20(5)6)16-24(19(3)4)17-28(25)21(7)8/h11-22H,1-10H3.